The van der Waals surface area contributed by atoms with E-state index in [0.717, 1.165) is 24.2 Å². The number of ether oxygens (including phenoxy) is 2. The minimum atomic E-state index is -0.0432. The Hall–Kier alpha value is -1.13. The Morgan fingerprint density at radius 2 is 1.84 bits per heavy atom. The van der Waals surface area contributed by atoms with Crippen LogP contribution in [0.15, 0.2) is 24.3 Å². The zero-order valence-electron chi connectivity index (χ0n) is 11.9. The Labute approximate surface area is 121 Å². The standard InChI is InChI=1S/C15H23NO2S/c1-4-15(2,3)18-11-5-10-17-13-8-6-12(7-9-13)14(16)19/h6-9H,4-5,10-11H2,1-3H3,(H2,16,19). The molecule has 2 N–H and O–H groups in total. The quantitative estimate of drug-likeness (QED) is 0.586. The molecule has 0 aliphatic carbocycles. The molecule has 0 fully saturated rings. The average molecular weight is 281 g/mol. The highest BCUT2D eigenvalue weighted by molar-refractivity contribution is 7.80. The lowest BCUT2D eigenvalue weighted by Crippen LogP contribution is -2.24. The number of nitrogens with two attached hydrogens (primary N) is 1. The molecule has 0 aliphatic rings. The fraction of sp³-hybridized carbons (Fsp3) is 0.533. The molecule has 1 aromatic rings. The van der Waals surface area contributed by atoms with Gasteiger partial charge >= 0.3 is 0 Å². The Kier molecular flexibility index (Phi) is 6.25. The van der Waals surface area contributed by atoms with Crippen molar-refractivity contribution < 1.29 is 9.47 Å². The van der Waals surface area contributed by atoms with E-state index < -0.39 is 0 Å². The summed E-state index contributed by atoms with van der Waals surface area (Å²) in [5.74, 6) is 0.828. The molecule has 3 nitrogen and oxygen atoms in total. The van der Waals surface area contributed by atoms with Crippen molar-refractivity contribution in [2.24, 2.45) is 5.73 Å². The molecule has 1 aromatic carbocycles. The van der Waals surface area contributed by atoms with Gasteiger partial charge in [-0.05, 0) is 44.5 Å². The van der Waals surface area contributed by atoms with Crippen LogP contribution in [0.25, 0.3) is 0 Å². The van der Waals surface area contributed by atoms with Crippen LogP contribution in [0, 0.1) is 0 Å². The van der Waals surface area contributed by atoms with Crippen molar-refractivity contribution in [3.05, 3.63) is 29.8 Å². The molecule has 0 bridgehead atoms. The van der Waals surface area contributed by atoms with Crippen molar-refractivity contribution in [2.75, 3.05) is 13.2 Å². The fourth-order valence-electron chi connectivity index (χ4n) is 1.41. The lowest BCUT2D eigenvalue weighted by molar-refractivity contribution is -0.0241. The largest absolute Gasteiger partial charge is 0.494 e. The average Bonchev–Trinajstić information content (AvgIpc) is 2.39. The van der Waals surface area contributed by atoms with E-state index in [1.807, 2.05) is 24.3 Å². The van der Waals surface area contributed by atoms with Gasteiger partial charge in [0.2, 0.25) is 0 Å². The highest BCUT2D eigenvalue weighted by Gasteiger charge is 2.14. The smallest absolute Gasteiger partial charge is 0.119 e. The molecule has 0 saturated carbocycles. The van der Waals surface area contributed by atoms with Crippen molar-refractivity contribution in [1.29, 1.82) is 0 Å². The second-order valence-electron chi connectivity index (χ2n) is 5.05. The summed E-state index contributed by atoms with van der Waals surface area (Å²) in [4.78, 5) is 0.404. The van der Waals surface area contributed by atoms with E-state index >= 15 is 0 Å². The molecule has 0 spiro atoms. The van der Waals surface area contributed by atoms with Gasteiger partial charge in [-0.3, -0.25) is 0 Å². The zero-order chi connectivity index (χ0) is 14.3. The molecule has 0 atom stereocenters. The fourth-order valence-corrected chi connectivity index (χ4v) is 1.55. The predicted octanol–water partition coefficient (Wildman–Crippen LogP) is 3.29. The second kappa shape index (κ2) is 7.46. The van der Waals surface area contributed by atoms with Gasteiger partial charge in [-0.15, -0.1) is 0 Å². The first-order valence-corrected chi connectivity index (χ1v) is 7.02. The SMILES string of the molecule is CCC(C)(C)OCCCOc1ccc(C(N)=S)cc1. The third-order valence-electron chi connectivity index (χ3n) is 3.04. The first-order valence-electron chi connectivity index (χ1n) is 6.61. The van der Waals surface area contributed by atoms with E-state index in [9.17, 15) is 0 Å². The molecule has 0 radical (unpaired) electrons. The van der Waals surface area contributed by atoms with Gasteiger partial charge < -0.3 is 15.2 Å². The molecule has 0 unspecified atom stereocenters. The normalized spacial score (nSPS) is 11.3. The Morgan fingerprint density at radius 1 is 1.21 bits per heavy atom. The van der Waals surface area contributed by atoms with Crippen molar-refractivity contribution in [2.45, 2.75) is 39.2 Å². The maximum absolute atomic E-state index is 5.75. The van der Waals surface area contributed by atoms with Crippen LogP contribution in [0.5, 0.6) is 5.75 Å². The molecule has 0 amide bonds. The van der Waals surface area contributed by atoms with E-state index in [-0.39, 0.29) is 5.60 Å². The summed E-state index contributed by atoms with van der Waals surface area (Å²) in [5, 5.41) is 0. The maximum Gasteiger partial charge on any atom is 0.119 e. The molecule has 19 heavy (non-hydrogen) atoms. The lowest BCUT2D eigenvalue weighted by atomic mass is 10.1. The summed E-state index contributed by atoms with van der Waals surface area (Å²) < 4.78 is 11.4. The van der Waals surface area contributed by atoms with Crippen LogP contribution in [-0.2, 0) is 4.74 Å². The number of benzene rings is 1. The second-order valence-corrected chi connectivity index (χ2v) is 5.49. The van der Waals surface area contributed by atoms with Gasteiger partial charge in [-0.2, -0.15) is 0 Å². The molecule has 0 saturated heterocycles. The van der Waals surface area contributed by atoms with Crippen molar-refractivity contribution in [1.82, 2.24) is 0 Å². The molecule has 1 rings (SSSR count). The summed E-state index contributed by atoms with van der Waals surface area (Å²) >= 11 is 4.89. The van der Waals surface area contributed by atoms with Gasteiger partial charge in [0.15, 0.2) is 0 Å². The summed E-state index contributed by atoms with van der Waals surface area (Å²) in [6.07, 6.45) is 1.88. The van der Waals surface area contributed by atoms with Crippen LogP contribution < -0.4 is 10.5 Å². The molecule has 0 heterocycles. The number of rotatable bonds is 8. The third kappa shape index (κ3) is 6.03. The number of hydrogen-bond acceptors (Lipinski definition) is 3. The molecule has 4 heteroatoms. The molecular weight excluding hydrogens is 258 g/mol. The monoisotopic (exact) mass is 281 g/mol. The molecule has 0 aromatic heterocycles. The van der Waals surface area contributed by atoms with E-state index in [2.05, 4.69) is 20.8 Å². The molecular formula is C15H23NO2S. The summed E-state index contributed by atoms with van der Waals surface area (Å²) in [6, 6.07) is 7.50. The van der Waals surface area contributed by atoms with Crippen molar-refractivity contribution >= 4 is 17.2 Å². The Morgan fingerprint density at radius 3 is 2.37 bits per heavy atom. The molecule has 106 valence electrons. The minimum absolute atomic E-state index is 0.0432. The highest BCUT2D eigenvalue weighted by Crippen LogP contribution is 2.15. The van der Waals surface area contributed by atoms with E-state index in [1.165, 1.54) is 0 Å². The van der Waals surface area contributed by atoms with Gasteiger partial charge in [-0.25, -0.2) is 0 Å². The number of hydrogen-bond donors (Lipinski definition) is 1. The first-order chi connectivity index (χ1) is 8.94. The minimum Gasteiger partial charge on any atom is -0.494 e. The Balaban J connectivity index is 2.24. The van der Waals surface area contributed by atoms with Gasteiger partial charge in [0.1, 0.15) is 10.7 Å². The van der Waals surface area contributed by atoms with E-state index in [4.69, 9.17) is 27.4 Å². The van der Waals surface area contributed by atoms with Gasteiger partial charge in [0.05, 0.1) is 18.8 Å². The van der Waals surface area contributed by atoms with Crippen molar-refractivity contribution in [3.8, 4) is 5.75 Å². The van der Waals surface area contributed by atoms with E-state index in [0.29, 0.717) is 18.2 Å². The van der Waals surface area contributed by atoms with E-state index in [1.54, 1.807) is 0 Å². The zero-order valence-corrected chi connectivity index (χ0v) is 12.8. The van der Waals surface area contributed by atoms with Gasteiger partial charge in [0.25, 0.3) is 0 Å². The van der Waals surface area contributed by atoms with Crippen LogP contribution in [-0.4, -0.2) is 23.8 Å². The van der Waals surface area contributed by atoms with Crippen LogP contribution in [0.4, 0.5) is 0 Å². The number of thiocarbonyl (C=S) groups is 1. The summed E-state index contributed by atoms with van der Waals surface area (Å²) in [7, 11) is 0. The predicted molar refractivity (Wildman–Crippen MR) is 82.8 cm³/mol. The van der Waals surface area contributed by atoms with Crippen molar-refractivity contribution in [3.63, 3.8) is 0 Å². The molecule has 0 aliphatic heterocycles. The van der Waals surface area contributed by atoms with Crippen LogP contribution in [0.3, 0.4) is 0 Å². The van der Waals surface area contributed by atoms with Crippen LogP contribution >= 0.6 is 12.2 Å². The summed E-state index contributed by atoms with van der Waals surface area (Å²) in [6.45, 7) is 7.68. The summed E-state index contributed by atoms with van der Waals surface area (Å²) in [5.41, 5.74) is 6.35. The topological polar surface area (TPSA) is 44.5 Å². The van der Waals surface area contributed by atoms with Gasteiger partial charge in [-0.1, -0.05) is 19.1 Å². The van der Waals surface area contributed by atoms with Crippen LogP contribution in [0.1, 0.15) is 39.2 Å². The van der Waals surface area contributed by atoms with Gasteiger partial charge in [0, 0.05) is 12.0 Å². The van der Waals surface area contributed by atoms with Crippen LogP contribution in [0.2, 0.25) is 0 Å². The maximum atomic E-state index is 5.75. The first kappa shape index (κ1) is 15.9. The Bertz CT molecular complexity index is 401. The third-order valence-corrected chi connectivity index (χ3v) is 3.28. The highest BCUT2D eigenvalue weighted by atomic mass is 32.1. The lowest BCUT2D eigenvalue weighted by Gasteiger charge is -2.23.